The highest BCUT2D eigenvalue weighted by molar-refractivity contribution is 6.32. The summed E-state index contributed by atoms with van der Waals surface area (Å²) in [6.45, 7) is 4.36. The van der Waals surface area contributed by atoms with Crippen molar-refractivity contribution in [3.05, 3.63) is 58.9 Å². The predicted molar refractivity (Wildman–Crippen MR) is 113 cm³/mol. The molecule has 0 saturated heterocycles. The van der Waals surface area contributed by atoms with Gasteiger partial charge in [0.15, 0.2) is 11.5 Å². The smallest absolute Gasteiger partial charge is 0.247 e. The van der Waals surface area contributed by atoms with Crippen LogP contribution in [-0.2, 0) is 9.59 Å². The minimum atomic E-state index is -0.392. The van der Waals surface area contributed by atoms with E-state index in [0.717, 1.165) is 0 Å². The Balaban J connectivity index is 1.67. The van der Waals surface area contributed by atoms with Gasteiger partial charge in [-0.3, -0.25) is 9.59 Å². The molecule has 0 aliphatic carbocycles. The first kappa shape index (κ1) is 21.6. The van der Waals surface area contributed by atoms with Crippen molar-refractivity contribution >= 4 is 35.2 Å². The van der Waals surface area contributed by atoms with E-state index in [-0.39, 0.29) is 24.4 Å². The van der Waals surface area contributed by atoms with Gasteiger partial charge in [-0.15, -0.1) is 0 Å². The first-order valence-corrected chi connectivity index (χ1v) is 9.84. The van der Waals surface area contributed by atoms with Crippen LogP contribution in [0.4, 0.5) is 10.1 Å². The Kier molecular flexibility index (Phi) is 6.95. The lowest BCUT2D eigenvalue weighted by Gasteiger charge is -2.25. The van der Waals surface area contributed by atoms with Gasteiger partial charge in [-0.1, -0.05) is 11.6 Å². The molecule has 30 heavy (non-hydrogen) atoms. The normalized spacial score (nSPS) is 12.8. The molecule has 6 nitrogen and oxygen atoms in total. The maximum Gasteiger partial charge on any atom is 0.247 e. The lowest BCUT2D eigenvalue weighted by molar-refractivity contribution is -0.132. The first-order valence-electron chi connectivity index (χ1n) is 9.46. The molecule has 2 aromatic rings. The summed E-state index contributed by atoms with van der Waals surface area (Å²) in [5, 5.41) is 3.05. The van der Waals surface area contributed by atoms with Gasteiger partial charge in [-0.2, -0.15) is 0 Å². The number of fused-ring (bicyclic) bond motifs is 1. The number of amides is 2. The quantitative estimate of drug-likeness (QED) is 0.696. The molecule has 0 saturated carbocycles. The second-order valence-corrected chi connectivity index (χ2v) is 7.38. The Hall–Kier alpha value is -3.06. The Labute approximate surface area is 179 Å². The molecule has 3 rings (SSSR count). The zero-order valence-corrected chi connectivity index (χ0v) is 17.4. The second-order valence-electron chi connectivity index (χ2n) is 6.98. The zero-order valence-electron chi connectivity index (χ0n) is 16.7. The number of carbonyl (C=O) groups is 2. The monoisotopic (exact) mass is 432 g/mol. The number of nitrogens with zero attached hydrogens (tertiary/aromatic N) is 1. The van der Waals surface area contributed by atoms with Crippen LogP contribution < -0.4 is 14.8 Å². The second kappa shape index (κ2) is 9.63. The van der Waals surface area contributed by atoms with Crippen LogP contribution in [0.5, 0.6) is 11.5 Å². The van der Waals surface area contributed by atoms with E-state index in [4.69, 9.17) is 21.1 Å². The van der Waals surface area contributed by atoms with Gasteiger partial charge in [0.25, 0.3) is 0 Å². The zero-order chi connectivity index (χ0) is 21.7. The van der Waals surface area contributed by atoms with E-state index in [9.17, 15) is 14.0 Å². The number of halogens is 2. The maximum atomic E-state index is 13.0. The topological polar surface area (TPSA) is 67.9 Å². The van der Waals surface area contributed by atoms with Crippen molar-refractivity contribution in [3.63, 3.8) is 0 Å². The lowest BCUT2D eigenvalue weighted by Crippen LogP contribution is -2.41. The third-order valence-corrected chi connectivity index (χ3v) is 4.67. The lowest BCUT2D eigenvalue weighted by atomic mass is 10.1. The average molecular weight is 433 g/mol. The standard InChI is InChI=1S/C22H22ClFN2O4/c1-14(2)26(13-20(27)25-17-6-4-16(24)5-7-17)21(28)8-3-15-11-18(23)22-19(12-15)29-9-10-30-22/h3-8,11-12,14H,9-10,13H2,1-2H3,(H,25,27)/b8-3+. The number of carbonyl (C=O) groups excluding carboxylic acids is 2. The molecule has 8 heteroatoms. The molecule has 2 amide bonds. The molecule has 0 radical (unpaired) electrons. The molecular formula is C22H22ClFN2O4. The van der Waals surface area contributed by atoms with E-state index in [1.807, 2.05) is 13.8 Å². The number of hydrogen-bond acceptors (Lipinski definition) is 4. The van der Waals surface area contributed by atoms with Gasteiger partial charge >= 0.3 is 0 Å². The number of hydrogen-bond donors (Lipinski definition) is 1. The molecule has 0 aromatic heterocycles. The number of benzene rings is 2. The number of rotatable bonds is 6. The minimum absolute atomic E-state index is 0.139. The Morgan fingerprint density at radius 1 is 1.20 bits per heavy atom. The molecule has 0 atom stereocenters. The van der Waals surface area contributed by atoms with Crippen molar-refractivity contribution in [1.29, 1.82) is 0 Å². The van der Waals surface area contributed by atoms with E-state index in [1.165, 1.54) is 35.2 Å². The van der Waals surface area contributed by atoms with Crippen LogP contribution in [-0.4, -0.2) is 42.5 Å². The molecule has 0 spiro atoms. The summed E-state index contributed by atoms with van der Waals surface area (Å²) in [5.74, 6) is -0.0750. The van der Waals surface area contributed by atoms with Crippen molar-refractivity contribution in [3.8, 4) is 11.5 Å². The molecule has 1 N–H and O–H groups in total. The summed E-state index contributed by atoms with van der Waals surface area (Å²) in [6.07, 6.45) is 2.99. The molecular weight excluding hydrogens is 411 g/mol. The van der Waals surface area contributed by atoms with Crippen molar-refractivity contribution in [2.24, 2.45) is 0 Å². The molecule has 0 unspecified atom stereocenters. The van der Waals surface area contributed by atoms with E-state index < -0.39 is 5.82 Å². The molecule has 1 heterocycles. The van der Waals surface area contributed by atoms with E-state index in [0.29, 0.717) is 41.0 Å². The maximum absolute atomic E-state index is 13.0. The highest BCUT2D eigenvalue weighted by atomic mass is 35.5. The summed E-state index contributed by atoms with van der Waals surface area (Å²) < 4.78 is 24.0. The predicted octanol–water partition coefficient (Wildman–Crippen LogP) is 4.14. The highest BCUT2D eigenvalue weighted by Crippen LogP contribution is 2.38. The number of nitrogens with one attached hydrogen (secondary N) is 1. The van der Waals surface area contributed by atoms with Crippen molar-refractivity contribution in [1.82, 2.24) is 4.90 Å². The fraction of sp³-hybridized carbons (Fsp3) is 0.273. The summed E-state index contributed by atoms with van der Waals surface area (Å²) in [6, 6.07) is 8.64. The Morgan fingerprint density at radius 2 is 1.90 bits per heavy atom. The third kappa shape index (κ3) is 5.51. The van der Waals surface area contributed by atoms with Gasteiger partial charge in [0, 0.05) is 17.8 Å². The van der Waals surface area contributed by atoms with Crippen LogP contribution >= 0.6 is 11.6 Å². The summed E-state index contributed by atoms with van der Waals surface area (Å²) in [7, 11) is 0. The van der Waals surface area contributed by atoms with Gasteiger partial charge in [-0.05, 0) is 61.9 Å². The Morgan fingerprint density at radius 3 is 2.60 bits per heavy atom. The fourth-order valence-corrected chi connectivity index (χ4v) is 3.17. The van der Waals surface area contributed by atoms with Crippen LogP contribution in [0.3, 0.4) is 0 Å². The van der Waals surface area contributed by atoms with Crippen LogP contribution in [0.2, 0.25) is 5.02 Å². The van der Waals surface area contributed by atoms with Crippen LogP contribution in [0.1, 0.15) is 19.4 Å². The molecule has 1 aliphatic heterocycles. The summed E-state index contributed by atoms with van der Waals surface area (Å²) in [5.41, 5.74) is 1.14. The summed E-state index contributed by atoms with van der Waals surface area (Å²) in [4.78, 5) is 26.4. The summed E-state index contributed by atoms with van der Waals surface area (Å²) >= 11 is 6.22. The van der Waals surface area contributed by atoms with E-state index in [2.05, 4.69) is 5.32 Å². The largest absolute Gasteiger partial charge is 0.486 e. The van der Waals surface area contributed by atoms with Crippen LogP contribution in [0.15, 0.2) is 42.5 Å². The highest BCUT2D eigenvalue weighted by Gasteiger charge is 2.19. The van der Waals surface area contributed by atoms with Gasteiger partial charge in [-0.25, -0.2) is 4.39 Å². The molecule has 158 valence electrons. The van der Waals surface area contributed by atoms with Gasteiger partial charge in [0.05, 0.1) is 5.02 Å². The minimum Gasteiger partial charge on any atom is -0.486 e. The molecule has 0 fully saturated rings. The number of ether oxygens (including phenoxy) is 2. The van der Waals surface area contributed by atoms with Gasteiger partial charge in [0.2, 0.25) is 11.8 Å². The average Bonchev–Trinajstić information content (AvgIpc) is 2.72. The van der Waals surface area contributed by atoms with Gasteiger partial charge < -0.3 is 19.7 Å². The van der Waals surface area contributed by atoms with E-state index >= 15 is 0 Å². The number of anilines is 1. The van der Waals surface area contributed by atoms with E-state index in [1.54, 1.807) is 18.2 Å². The third-order valence-electron chi connectivity index (χ3n) is 4.39. The fourth-order valence-electron chi connectivity index (χ4n) is 2.89. The SMILES string of the molecule is CC(C)N(CC(=O)Nc1ccc(F)cc1)C(=O)/C=C/c1cc(Cl)c2c(c1)OCCO2. The van der Waals surface area contributed by atoms with Crippen molar-refractivity contribution in [2.75, 3.05) is 25.1 Å². The first-order chi connectivity index (χ1) is 14.3. The van der Waals surface area contributed by atoms with Crippen LogP contribution in [0.25, 0.3) is 6.08 Å². The molecule has 0 bridgehead atoms. The molecule has 1 aliphatic rings. The van der Waals surface area contributed by atoms with Crippen molar-refractivity contribution in [2.45, 2.75) is 19.9 Å². The van der Waals surface area contributed by atoms with Crippen LogP contribution in [0, 0.1) is 5.82 Å². The van der Waals surface area contributed by atoms with Gasteiger partial charge in [0.1, 0.15) is 25.6 Å². The van der Waals surface area contributed by atoms with Crippen molar-refractivity contribution < 1.29 is 23.5 Å². The molecule has 2 aromatic carbocycles. The Bertz CT molecular complexity index is 960.